The van der Waals surface area contributed by atoms with Gasteiger partial charge in [-0.1, -0.05) is 0 Å². The lowest BCUT2D eigenvalue weighted by Gasteiger charge is -2.39. The molecule has 1 aliphatic rings. The fourth-order valence-corrected chi connectivity index (χ4v) is 2.99. The van der Waals surface area contributed by atoms with Gasteiger partial charge in [0.2, 0.25) is 5.91 Å². The summed E-state index contributed by atoms with van der Waals surface area (Å²) in [6.07, 6.45) is -4.14. The van der Waals surface area contributed by atoms with Crippen molar-refractivity contribution in [2.75, 3.05) is 13.1 Å². The van der Waals surface area contributed by atoms with E-state index in [4.69, 9.17) is 0 Å². The van der Waals surface area contributed by atoms with Crippen molar-refractivity contribution in [1.29, 1.82) is 0 Å². The van der Waals surface area contributed by atoms with Crippen molar-refractivity contribution in [2.24, 2.45) is 0 Å². The van der Waals surface area contributed by atoms with E-state index in [0.29, 0.717) is 16.5 Å². The van der Waals surface area contributed by atoms with Gasteiger partial charge in [-0.05, 0) is 23.8 Å². The number of hydrogen-bond donors (Lipinski definition) is 2. The van der Waals surface area contributed by atoms with E-state index < -0.39 is 30.4 Å². The van der Waals surface area contributed by atoms with Gasteiger partial charge in [-0.3, -0.25) is 4.79 Å². The smallest absolute Gasteiger partial charge is 0.380 e. The number of aromatic amines is 1. The monoisotopic (exact) mass is 344 g/mol. The second-order valence-corrected chi connectivity index (χ2v) is 6.09. The molecule has 130 valence electrons. The van der Waals surface area contributed by atoms with Crippen LogP contribution in [0.4, 0.5) is 17.6 Å². The minimum Gasteiger partial charge on any atom is -0.380 e. The summed E-state index contributed by atoms with van der Waals surface area (Å²) < 4.78 is 51.5. The fourth-order valence-electron chi connectivity index (χ4n) is 2.99. The fraction of sp³-hybridized carbons (Fsp3) is 0.438. The van der Waals surface area contributed by atoms with Crippen molar-refractivity contribution in [3.63, 3.8) is 0 Å². The third-order valence-corrected chi connectivity index (χ3v) is 4.54. The molecule has 1 aromatic heterocycles. The Morgan fingerprint density at radius 3 is 2.58 bits per heavy atom. The molecule has 0 aliphatic carbocycles. The van der Waals surface area contributed by atoms with Crippen LogP contribution in [0, 0.1) is 5.82 Å². The van der Waals surface area contributed by atoms with Gasteiger partial charge in [-0.15, -0.1) is 0 Å². The molecule has 0 bridgehead atoms. The van der Waals surface area contributed by atoms with Gasteiger partial charge in [-0.25, -0.2) is 4.39 Å². The number of benzene rings is 1. The Bertz CT molecular complexity index is 761. The van der Waals surface area contributed by atoms with E-state index in [1.54, 1.807) is 12.3 Å². The molecular formula is C16H16F4N2O2. The van der Waals surface area contributed by atoms with Gasteiger partial charge in [0, 0.05) is 43.0 Å². The number of alkyl halides is 3. The van der Waals surface area contributed by atoms with Gasteiger partial charge < -0.3 is 15.0 Å². The van der Waals surface area contributed by atoms with Gasteiger partial charge in [-0.2, -0.15) is 13.2 Å². The number of likely N-dealkylation sites (tertiary alicyclic amines) is 1. The Balaban J connectivity index is 1.68. The van der Waals surface area contributed by atoms with Gasteiger partial charge in [0.1, 0.15) is 5.82 Å². The van der Waals surface area contributed by atoms with Crippen molar-refractivity contribution >= 4 is 16.8 Å². The highest BCUT2D eigenvalue weighted by atomic mass is 19.4. The molecule has 1 fully saturated rings. The Hall–Kier alpha value is -2.09. The van der Waals surface area contributed by atoms with E-state index in [-0.39, 0.29) is 25.4 Å². The molecule has 24 heavy (non-hydrogen) atoms. The number of nitrogens with zero attached hydrogens (tertiary/aromatic N) is 1. The minimum atomic E-state index is -4.69. The number of carbonyl (C=O) groups is 1. The van der Waals surface area contributed by atoms with Crippen LogP contribution < -0.4 is 0 Å². The first-order chi connectivity index (χ1) is 11.2. The van der Waals surface area contributed by atoms with Crippen molar-refractivity contribution in [1.82, 2.24) is 9.88 Å². The second kappa shape index (κ2) is 5.77. The van der Waals surface area contributed by atoms with Crippen LogP contribution in [0.5, 0.6) is 0 Å². The maximum atomic E-state index is 13.2. The Morgan fingerprint density at radius 2 is 1.96 bits per heavy atom. The number of aromatic nitrogens is 1. The summed E-state index contributed by atoms with van der Waals surface area (Å²) >= 11 is 0. The molecule has 0 saturated carbocycles. The van der Waals surface area contributed by atoms with Crippen molar-refractivity contribution in [3.8, 4) is 0 Å². The largest absolute Gasteiger partial charge is 0.417 e. The predicted octanol–water partition coefficient (Wildman–Crippen LogP) is 2.77. The molecule has 0 spiro atoms. The summed E-state index contributed by atoms with van der Waals surface area (Å²) in [4.78, 5) is 16.5. The number of amides is 1. The highest BCUT2D eigenvalue weighted by molar-refractivity contribution is 5.89. The SMILES string of the molecule is O=C(Cc1c[nH]c2cc(F)ccc12)N1CCC(O)(C(F)(F)F)CC1. The maximum Gasteiger partial charge on any atom is 0.417 e. The molecule has 3 rings (SSSR count). The number of piperidine rings is 1. The summed E-state index contributed by atoms with van der Waals surface area (Å²) in [6, 6.07) is 4.16. The average Bonchev–Trinajstić information content (AvgIpc) is 2.89. The molecule has 1 saturated heterocycles. The van der Waals surface area contributed by atoms with Crippen LogP contribution in [-0.2, 0) is 11.2 Å². The second-order valence-electron chi connectivity index (χ2n) is 6.09. The summed E-state index contributed by atoms with van der Waals surface area (Å²) in [5.41, 5.74) is -1.50. The molecular weight excluding hydrogens is 328 g/mol. The number of rotatable bonds is 2. The lowest BCUT2D eigenvalue weighted by atomic mass is 9.90. The molecule has 1 amide bonds. The Labute approximate surface area is 135 Å². The first kappa shape index (κ1) is 16.8. The zero-order valence-electron chi connectivity index (χ0n) is 12.7. The van der Waals surface area contributed by atoms with E-state index in [9.17, 15) is 27.5 Å². The lowest BCUT2D eigenvalue weighted by Crippen LogP contribution is -2.54. The summed E-state index contributed by atoms with van der Waals surface area (Å²) in [5, 5.41) is 10.3. The molecule has 8 heteroatoms. The molecule has 2 N–H and O–H groups in total. The van der Waals surface area contributed by atoms with Crippen LogP contribution in [0.25, 0.3) is 10.9 Å². The molecule has 2 aromatic rings. The molecule has 1 aliphatic heterocycles. The van der Waals surface area contributed by atoms with E-state index in [1.807, 2.05) is 0 Å². The van der Waals surface area contributed by atoms with Gasteiger partial charge in [0.05, 0.1) is 6.42 Å². The zero-order valence-corrected chi connectivity index (χ0v) is 12.7. The van der Waals surface area contributed by atoms with Crippen molar-refractivity contribution < 1.29 is 27.5 Å². The van der Waals surface area contributed by atoms with Crippen molar-refractivity contribution in [2.45, 2.75) is 31.0 Å². The number of carbonyl (C=O) groups excluding carboxylic acids is 1. The van der Waals surface area contributed by atoms with Gasteiger partial charge in [0.15, 0.2) is 5.60 Å². The molecule has 0 atom stereocenters. The standard InChI is InChI=1S/C16H16F4N2O2/c17-11-1-2-12-10(9-21-13(12)8-11)7-14(23)22-5-3-15(24,4-6-22)16(18,19)20/h1-2,8-9,21,24H,3-7H2. The van der Waals surface area contributed by atoms with Crippen molar-refractivity contribution in [3.05, 3.63) is 35.8 Å². The average molecular weight is 344 g/mol. The Kier molecular flexibility index (Phi) is 4.03. The number of aliphatic hydroxyl groups is 1. The minimum absolute atomic E-state index is 0.01000. The molecule has 0 unspecified atom stereocenters. The van der Waals surface area contributed by atoms with Crippen LogP contribution in [0.15, 0.2) is 24.4 Å². The maximum absolute atomic E-state index is 13.2. The first-order valence-corrected chi connectivity index (χ1v) is 7.52. The number of hydrogen-bond acceptors (Lipinski definition) is 2. The van der Waals surface area contributed by atoms with Crippen LogP contribution in [0.2, 0.25) is 0 Å². The van der Waals surface area contributed by atoms with Gasteiger partial charge >= 0.3 is 6.18 Å². The molecule has 0 radical (unpaired) electrons. The highest BCUT2D eigenvalue weighted by Crippen LogP contribution is 2.38. The molecule has 1 aromatic carbocycles. The van der Waals surface area contributed by atoms with E-state index in [1.165, 1.54) is 17.0 Å². The Morgan fingerprint density at radius 1 is 1.29 bits per heavy atom. The number of halogens is 4. The molecule has 2 heterocycles. The highest BCUT2D eigenvalue weighted by Gasteiger charge is 2.54. The van der Waals surface area contributed by atoms with E-state index in [2.05, 4.69) is 4.98 Å². The lowest BCUT2D eigenvalue weighted by molar-refractivity contribution is -0.272. The molecule has 4 nitrogen and oxygen atoms in total. The van der Waals surface area contributed by atoms with E-state index in [0.717, 1.165) is 0 Å². The third kappa shape index (κ3) is 2.98. The summed E-state index contributed by atoms with van der Waals surface area (Å²) in [5.74, 6) is -0.714. The zero-order chi connectivity index (χ0) is 17.5. The quantitative estimate of drug-likeness (QED) is 0.823. The van der Waals surface area contributed by atoms with Crippen LogP contribution >= 0.6 is 0 Å². The summed E-state index contributed by atoms with van der Waals surface area (Å²) in [7, 11) is 0. The number of H-pyrrole nitrogens is 1. The van der Waals surface area contributed by atoms with Gasteiger partial charge in [0.25, 0.3) is 0 Å². The number of nitrogens with one attached hydrogen (secondary N) is 1. The third-order valence-electron chi connectivity index (χ3n) is 4.54. The van der Waals surface area contributed by atoms with Crippen LogP contribution in [0.1, 0.15) is 18.4 Å². The normalized spacial score (nSPS) is 18.1. The van der Waals surface area contributed by atoms with Crippen LogP contribution in [0.3, 0.4) is 0 Å². The predicted molar refractivity (Wildman–Crippen MR) is 78.8 cm³/mol. The topological polar surface area (TPSA) is 56.3 Å². The number of fused-ring (bicyclic) bond motifs is 1. The first-order valence-electron chi connectivity index (χ1n) is 7.52. The van der Waals surface area contributed by atoms with Crippen LogP contribution in [-0.4, -0.2) is 45.8 Å². The summed E-state index contributed by atoms with van der Waals surface area (Å²) in [6.45, 7) is -0.294. The van der Waals surface area contributed by atoms with E-state index >= 15 is 0 Å².